The summed E-state index contributed by atoms with van der Waals surface area (Å²) >= 11 is 0. The minimum Gasteiger partial charge on any atom is -0.453 e. The van der Waals surface area contributed by atoms with E-state index < -0.39 is 29.9 Å². The highest BCUT2D eigenvalue weighted by Gasteiger charge is 2.48. The van der Waals surface area contributed by atoms with Gasteiger partial charge >= 0.3 is 12.1 Å². The molecule has 112 valence electrons. The molecule has 0 radical (unpaired) electrons. The first-order chi connectivity index (χ1) is 8.58. The summed E-state index contributed by atoms with van der Waals surface area (Å²) in [5, 5.41) is 18.9. The molecule has 3 unspecified atom stereocenters. The molecular formula is C11H18F3NO4. The van der Waals surface area contributed by atoms with Crippen molar-refractivity contribution in [3.05, 3.63) is 0 Å². The zero-order valence-corrected chi connectivity index (χ0v) is 10.5. The molecular weight excluding hydrogens is 267 g/mol. The van der Waals surface area contributed by atoms with E-state index in [1.807, 2.05) is 0 Å². The number of nitrogens with two attached hydrogens (primary N) is 1. The highest BCUT2D eigenvalue weighted by atomic mass is 19.4. The number of hydrogen-bond donors (Lipinski definition) is 3. The highest BCUT2D eigenvalue weighted by molar-refractivity contribution is 5.75. The summed E-state index contributed by atoms with van der Waals surface area (Å²) in [6.07, 6.45) is -5.77. The second kappa shape index (κ2) is 5.64. The van der Waals surface area contributed by atoms with Crippen LogP contribution in [0.2, 0.25) is 0 Å². The van der Waals surface area contributed by atoms with Gasteiger partial charge in [0.2, 0.25) is 0 Å². The molecule has 4 N–H and O–H groups in total. The number of alkyl halides is 3. The molecule has 0 amide bonds. The van der Waals surface area contributed by atoms with Gasteiger partial charge in [-0.15, -0.1) is 0 Å². The summed E-state index contributed by atoms with van der Waals surface area (Å²) < 4.78 is 40.8. The summed E-state index contributed by atoms with van der Waals surface area (Å²) in [5.41, 5.74) is 4.10. The second-order valence-corrected chi connectivity index (χ2v) is 5.13. The smallest absolute Gasteiger partial charge is 0.453 e. The monoisotopic (exact) mass is 285 g/mol. The summed E-state index contributed by atoms with van der Waals surface area (Å²) in [7, 11) is 0. The third kappa shape index (κ3) is 4.05. The zero-order valence-electron chi connectivity index (χ0n) is 10.5. The van der Waals surface area contributed by atoms with Crippen molar-refractivity contribution in [1.29, 1.82) is 0 Å². The van der Waals surface area contributed by atoms with Crippen LogP contribution in [0.25, 0.3) is 0 Å². The van der Waals surface area contributed by atoms with Crippen LogP contribution in [0.5, 0.6) is 0 Å². The van der Waals surface area contributed by atoms with E-state index in [1.54, 1.807) is 0 Å². The number of halogens is 3. The number of aliphatic hydroxyl groups is 2. The molecule has 5 nitrogen and oxygen atoms in total. The molecule has 1 aliphatic rings. The van der Waals surface area contributed by atoms with Gasteiger partial charge in [-0.2, -0.15) is 13.2 Å². The molecule has 0 aromatic carbocycles. The van der Waals surface area contributed by atoms with E-state index in [0.29, 0.717) is 6.42 Å². The lowest BCUT2D eigenvalue weighted by Gasteiger charge is -2.41. The molecule has 1 aliphatic carbocycles. The Hall–Kier alpha value is -0.860. The lowest BCUT2D eigenvalue weighted by Crippen LogP contribution is -2.51. The van der Waals surface area contributed by atoms with E-state index in [0.717, 1.165) is 0 Å². The predicted octanol–water partition coefficient (Wildman–Crippen LogP) is 0.331. The Morgan fingerprint density at radius 2 is 2.16 bits per heavy atom. The lowest BCUT2D eigenvalue weighted by atomic mass is 9.75. The highest BCUT2D eigenvalue weighted by Crippen LogP contribution is 2.36. The van der Waals surface area contributed by atoms with E-state index in [1.165, 1.54) is 6.92 Å². The molecule has 0 saturated heterocycles. The third-order valence-corrected chi connectivity index (χ3v) is 3.53. The van der Waals surface area contributed by atoms with Crippen molar-refractivity contribution in [2.75, 3.05) is 6.61 Å². The molecule has 0 aromatic heterocycles. The molecule has 0 spiro atoms. The minimum absolute atomic E-state index is 0.00343. The van der Waals surface area contributed by atoms with Crippen molar-refractivity contribution in [2.45, 2.75) is 50.1 Å². The number of ether oxygens (including phenoxy) is 1. The van der Waals surface area contributed by atoms with Gasteiger partial charge in [0.25, 0.3) is 0 Å². The number of carbonyl (C=O) groups is 1. The Morgan fingerprint density at radius 1 is 1.58 bits per heavy atom. The van der Waals surface area contributed by atoms with E-state index in [2.05, 4.69) is 4.74 Å². The Bertz CT molecular complexity index is 332. The minimum atomic E-state index is -5.10. The number of carbonyl (C=O) groups excluding carboxylic acids is 1. The van der Waals surface area contributed by atoms with E-state index >= 15 is 0 Å². The zero-order chi connectivity index (χ0) is 14.8. The Morgan fingerprint density at radius 3 is 2.63 bits per heavy atom. The molecule has 4 atom stereocenters. The Labute approximate surface area is 108 Å². The molecule has 0 heterocycles. The number of esters is 1. The van der Waals surface area contributed by atoms with Crippen molar-refractivity contribution >= 4 is 5.97 Å². The van der Waals surface area contributed by atoms with Crippen LogP contribution in [-0.2, 0) is 9.53 Å². The van der Waals surface area contributed by atoms with Crippen LogP contribution in [-0.4, -0.2) is 46.7 Å². The van der Waals surface area contributed by atoms with Gasteiger partial charge in [0, 0.05) is 6.04 Å². The van der Waals surface area contributed by atoms with Gasteiger partial charge in [-0.1, -0.05) is 0 Å². The van der Waals surface area contributed by atoms with Crippen LogP contribution in [0.1, 0.15) is 26.2 Å². The Balaban J connectivity index is 2.74. The Kier molecular flexibility index (Phi) is 4.81. The van der Waals surface area contributed by atoms with Crippen LogP contribution >= 0.6 is 0 Å². The quantitative estimate of drug-likeness (QED) is 0.650. The van der Waals surface area contributed by atoms with Crippen LogP contribution < -0.4 is 5.73 Å². The molecule has 1 fully saturated rings. The average molecular weight is 285 g/mol. The molecule has 0 aromatic rings. The van der Waals surface area contributed by atoms with E-state index in [4.69, 9.17) is 10.8 Å². The van der Waals surface area contributed by atoms with Crippen molar-refractivity contribution in [3.63, 3.8) is 0 Å². The van der Waals surface area contributed by atoms with Crippen molar-refractivity contribution < 1.29 is 32.9 Å². The molecule has 1 saturated carbocycles. The van der Waals surface area contributed by atoms with Crippen molar-refractivity contribution in [2.24, 2.45) is 11.7 Å². The van der Waals surface area contributed by atoms with Gasteiger partial charge < -0.3 is 20.7 Å². The van der Waals surface area contributed by atoms with Crippen molar-refractivity contribution in [1.82, 2.24) is 0 Å². The van der Waals surface area contributed by atoms with Gasteiger partial charge in [-0.05, 0) is 32.1 Å². The SMILES string of the molecule is CC1(O)CCC([C@@H](N)CO)CC1OC(=O)C(F)(F)F. The summed E-state index contributed by atoms with van der Waals surface area (Å²) in [4.78, 5) is 10.8. The molecule has 8 heteroatoms. The first-order valence-electron chi connectivity index (χ1n) is 5.94. The first kappa shape index (κ1) is 16.2. The fraction of sp³-hybridized carbons (Fsp3) is 0.909. The molecule has 0 aliphatic heterocycles. The van der Waals surface area contributed by atoms with E-state index in [9.17, 15) is 23.1 Å². The second-order valence-electron chi connectivity index (χ2n) is 5.13. The third-order valence-electron chi connectivity index (χ3n) is 3.53. The standard InChI is InChI=1S/C11H18F3NO4/c1-10(18)3-2-6(7(15)5-16)4-8(10)19-9(17)11(12,13)14/h6-8,16,18H,2-5,15H2,1H3/t6?,7-,8?,10?/m0/s1. The number of rotatable bonds is 3. The maximum atomic E-state index is 12.2. The van der Waals surface area contributed by atoms with E-state index in [-0.39, 0.29) is 25.4 Å². The topological polar surface area (TPSA) is 92.8 Å². The molecule has 19 heavy (non-hydrogen) atoms. The summed E-state index contributed by atoms with van der Waals surface area (Å²) in [6, 6.07) is -0.608. The van der Waals surface area contributed by atoms with Gasteiger partial charge in [-0.3, -0.25) is 0 Å². The number of aliphatic hydroxyl groups excluding tert-OH is 1. The summed E-state index contributed by atoms with van der Waals surface area (Å²) in [6.45, 7) is 1.01. The van der Waals surface area contributed by atoms with Crippen LogP contribution in [0.4, 0.5) is 13.2 Å². The van der Waals surface area contributed by atoms with Gasteiger partial charge in [0.05, 0.1) is 12.2 Å². The van der Waals surface area contributed by atoms with Gasteiger partial charge in [-0.25, -0.2) is 4.79 Å². The maximum Gasteiger partial charge on any atom is 0.490 e. The maximum absolute atomic E-state index is 12.2. The summed E-state index contributed by atoms with van der Waals surface area (Å²) in [5.74, 6) is -2.62. The fourth-order valence-corrected chi connectivity index (χ4v) is 2.19. The predicted molar refractivity (Wildman–Crippen MR) is 59.0 cm³/mol. The normalized spacial score (nSPS) is 33.8. The fourth-order valence-electron chi connectivity index (χ4n) is 2.19. The molecule has 1 rings (SSSR count). The van der Waals surface area contributed by atoms with Crippen LogP contribution in [0.15, 0.2) is 0 Å². The average Bonchev–Trinajstić information content (AvgIpc) is 2.29. The van der Waals surface area contributed by atoms with Crippen LogP contribution in [0, 0.1) is 5.92 Å². The van der Waals surface area contributed by atoms with Gasteiger partial charge in [0.15, 0.2) is 0 Å². The first-order valence-corrected chi connectivity index (χ1v) is 5.94. The van der Waals surface area contributed by atoms with Gasteiger partial charge in [0.1, 0.15) is 6.10 Å². The molecule has 0 bridgehead atoms. The lowest BCUT2D eigenvalue weighted by molar-refractivity contribution is -0.219. The van der Waals surface area contributed by atoms with Crippen LogP contribution in [0.3, 0.4) is 0 Å². The van der Waals surface area contributed by atoms with Crippen molar-refractivity contribution in [3.8, 4) is 0 Å². The largest absolute Gasteiger partial charge is 0.490 e. The number of hydrogen-bond acceptors (Lipinski definition) is 5.